The number of rotatable bonds is 3. The van der Waals surface area contributed by atoms with Gasteiger partial charge in [-0.25, -0.2) is 4.79 Å². The molecule has 0 spiro atoms. The van der Waals surface area contributed by atoms with Gasteiger partial charge in [0.05, 0.1) is 18.2 Å². The number of ether oxygens (including phenoxy) is 2. The van der Waals surface area contributed by atoms with Gasteiger partial charge in [-0.15, -0.1) is 0 Å². The van der Waals surface area contributed by atoms with Crippen molar-refractivity contribution in [3.63, 3.8) is 0 Å². The Kier molecular flexibility index (Phi) is 3.04. The molecule has 5 nitrogen and oxygen atoms in total. The highest BCUT2D eigenvalue weighted by Gasteiger charge is 2.74. The minimum absolute atomic E-state index is 0.169. The van der Waals surface area contributed by atoms with Crippen LogP contribution in [0.4, 0.5) is 4.79 Å². The summed E-state index contributed by atoms with van der Waals surface area (Å²) in [5.74, 6) is 0. The van der Waals surface area contributed by atoms with E-state index >= 15 is 0 Å². The van der Waals surface area contributed by atoms with Crippen LogP contribution in [0.15, 0.2) is 0 Å². The molecule has 4 unspecified atom stereocenters. The molecule has 0 aromatic heterocycles. The Morgan fingerprint density at radius 3 is 2.89 bits per heavy atom. The smallest absolute Gasteiger partial charge is 0.411 e. The molecular weight excluding hydrogens is 266 g/mol. The lowest BCUT2D eigenvalue weighted by Crippen LogP contribution is -2.52. The average Bonchev–Trinajstić information content (AvgIpc) is 2.97. The van der Waals surface area contributed by atoms with Crippen molar-refractivity contribution in [3.8, 4) is 0 Å². The lowest BCUT2D eigenvalue weighted by molar-refractivity contribution is -0.0129. The van der Waals surface area contributed by atoms with Crippen molar-refractivity contribution < 1.29 is 18.5 Å². The molecule has 3 saturated heterocycles. The van der Waals surface area contributed by atoms with Gasteiger partial charge in [-0.2, -0.15) is 0 Å². The van der Waals surface area contributed by atoms with Crippen LogP contribution in [0.25, 0.3) is 0 Å². The van der Waals surface area contributed by atoms with Crippen LogP contribution in [-0.4, -0.2) is 47.0 Å². The lowest BCUT2D eigenvalue weighted by Gasteiger charge is -2.37. The molecule has 0 aromatic carbocycles. The molecule has 0 N–H and O–H groups in total. The second-order valence-corrected chi connectivity index (χ2v) is 6.92. The minimum Gasteiger partial charge on any atom is -0.444 e. The van der Waals surface area contributed by atoms with Gasteiger partial charge in [0.2, 0.25) is 0 Å². The van der Waals surface area contributed by atoms with Crippen molar-refractivity contribution in [3.05, 3.63) is 0 Å². The maximum absolute atomic E-state index is 12.4. The number of epoxide rings is 1. The number of hydrogen-bond donors (Lipinski definition) is 1. The number of nitrogens with zero attached hydrogens (tertiary/aromatic N) is 1. The lowest BCUT2D eigenvalue weighted by atomic mass is 9.85. The van der Waals surface area contributed by atoms with Crippen LogP contribution >= 0.6 is 12.9 Å². The largest absolute Gasteiger partial charge is 0.444 e. The molecule has 1 amide bonds. The van der Waals surface area contributed by atoms with E-state index in [1.54, 1.807) is 0 Å². The van der Waals surface area contributed by atoms with Gasteiger partial charge in [0, 0.05) is 0 Å². The molecule has 19 heavy (non-hydrogen) atoms. The van der Waals surface area contributed by atoms with E-state index in [1.165, 1.54) is 0 Å². The normalized spacial score (nSPS) is 39.4. The number of fused-ring (bicyclic) bond motifs is 5. The van der Waals surface area contributed by atoms with Gasteiger partial charge in [0.1, 0.15) is 17.8 Å². The zero-order valence-corrected chi connectivity index (χ0v) is 12.5. The van der Waals surface area contributed by atoms with E-state index in [-0.39, 0.29) is 29.9 Å². The van der Waals surface area contributed by atoms with Crippen molar-refractivity contribution >= 4 is 19.0 Å². The maximum Gasteiger partial charge on any atom is 0.411 e. The molecule has 0 radical (unpaired) electrons. The van der Waals surface area contributed by atoms with E-state index in [9.17, 15) is 4.79 Å². The molecule has 3 rings (SSSR count). The highest BCUT2D eigenvalue weighted by atomic mass is 32.1. The zero-order chi connectivity index (χ0) is 13.8. The van der Waals surface area contributed by atoms with Crippen LogP contribution in [0.5, 0.6) is 0 Å². The topological polar surface area (TPSA) is 51.3 Å². The Balaban J connectivity index is 1.79. The number of carbonyl (C=O) groups excluding carboxylic acids is 1. The third-order valence-corrected chi connectivity index (χ3v) is 4.52. The maximum atomic E-state index is 12.4. The zero-order valence-electron chi connectivity index (χ0n) is 11.6. The molecular formula is C13H21NO4S. The van der Waals surface area contributed by atoms with Gasteiger partial charge in [-0.1, -0.05) is 0 Å². The first-order valence-corrected chi connectivity index (χ1v) is 7.20. The van der Waals surface area contributed by atoms with Crippen LogP contribution < -0.4 is 0 Å². The Labute approximate surface area is 119 Å². The summed E-state index contributed by atoms with van der Waals surface area (Å²) < 4.78 is 16.2. The number of hydrogen-bond acceptors (Lipinski definition) is 5. The van der Waals surface area contributed by atoms with Crippen LogP contribution in [0.1, 0.15) is 40.0 Å². The van der Waals surface area contributed by atoms with Crippen molar-refractivity contribution in [2.75, 3.05) is 6.61 Å². The van der Waals surface area contributed by atoms with E-state index in [0.717, 1.165) is 19.3 Å². The molecule has 3 heterocycles. The first kappa shape index (κ1) is 13.5. The summed E-state index contributed by atoms with van der Waals surface area (Å²) in [4.78, 5) is 14.4. The minimum atomic E-state index is -0.467. The first-order chi connectivity index (χ1) is 8.89. The summed E-state index contributed by atoms with van der Waals surface area (Å²) in [6.45, 7) is 6.19. The van der Waals surface area contributed by atoms with Crippen molar-refractivity contribution in [1.29, 1.82) is 0 Å². The fraction of sp³-hybridized carbons (Fsp3) is 0.923. The standard InChI is InChI=1S/C13H21NO4S/c1-12(2,3)18-11(15)14-8-4-5-13(14,6-7-16-19)10-9(8)17-10/h8-10,19H,4-7H2,1-3H3. The number of carbonyl (C=O) groups is 1. The highest BCUT2D eigenvalue weighted by Crippen LogP contribution is 2.58. The number of thiol groups is 1. The van der Waals surface area contributed by atoms with Crippen molar-refractivity contribution in [1.82, 2.24) is 4.90 Å². The molecule has 0 saturated carbocycles. The first-order valence-electron chi connectivity index (χ1n) is 6.83. The summed E-state index contributed by atoms with van der Waals surface area (Å²) in [5, 5.41) is 0. The molecule has 0 aliphatic carbocycles. The highest BCUT2D eigenvalue weighted by molar-refractivity contribution is 7.75. The Morgan fingerprint density at radius 2 is 2.26 bits per heavy atom. The van der Waals surface area contributed by atoms with Crippen molar-refractivity contribution in [2.24, 2.45) is 0 Å². The van der Waals surface area contributed by atoms with Gasteiger partial charge in [0.25, 0.3) is 0 Å². The Hall–Kier alpha value is -0.460. The predicted molar refractivity (Wildman–Crippen MR) is 72.0 cm³/mol. The van der Waals surface area contributed by atoms with Crippen LogP contribution in [0, 0.1) is 0 Å². The quantitative estimate of drug-likeness (QED) is 0.491. The third kappa shape index (κ3) is 2.04. The SMILES string of the molecule is CC(C)(C)OC(=O)N1C2CCC1(CCOS)C1OC21. The third-order valence-electron chi connectivity index (χ3n) is 4.34. The van der Waals surface area contributed by atoms with E-state index in [4.69, 9.17) is 13.7 Å². The van der Waals surface area contributed by atoms with Gasteiger partial charge < -0.3 is 13.7 Å². The summed E-state index contributed by atoms with van der Waals surface area (Å²) in [5.41, 5.74) is -0.703. The van der Waals surface area contributed by atoms with Crippen LogP contribution in [-0.2, 0) is 13.7 Å². The fourth-order valence-corrected chi connectivity index (χ4v) is 3.75. The van der Waals surface area contributed by atoms with Crippen LogP contribution in [0.2, 0.25) is 0 Å². The number of amides is 1. The molecule has 2 bridgehead atoms. The second-order valence-electron chi connectivity index (χ2n) is 6.66. The Morgan fingerprint density at radius 1 is 1.53 bits per heavy atom. The molecule has 0 aromatic rings. The molecule has 108 valence electrons. The molecule has 3 aliphatic heterocycles. The van der Waals surface area contributed by atoms with E-state index < -0.39 is 5.60 Å². The van der Waals surface area contributed by atoms with Gasteiger partial charge in [-0.3, -0.25) is 4.90 Å². The number of morpholine rings is 1. The molecule has 4 atom stereocenters. The predicted octanol–water partition coefficient (Wildman–Crippen LogP) is 2.16. The fourth-order valence-electron chi connectivity index (χ4n) is 3.66. The van der Waals surface area contributed by atoms with Gasteiger partial charge in [0.15, 0.2) is 0 Å². The monoisotopic (exact) mass is 287 g/mol. The summed E-state index contributed by atoms with van der Waals surface area (Å²) >= 11 is 3.80. The van der Waals surface area contributed by atoms with Crippen LogP contribution in [0.3, 0.4) is 0 Å². The van der Waals surface area contributed by atoms with Gasteiger partial charge >= 0.3 is 6.09 Å². The molecule has 6 heteroatoms. The molecule has 3 fully saturated rings. The van der Waals surface area contributed by atoms with E-state index in [2.05, 4.69) is 12.9 Å². The molecule has 3 aliphatic rings. The summed E-state index contributed by atoms with van der Waals surface area (Å²) in [7, 11) is 0. The Bertz CT molecular complexity index is 397. The van der Waals surface area contributed by atoms with E-state index in [1.807, 2.05) is 25.7 Å². The van der Waals surface area contributed by atoms with Gasteiger partial charge in [-0.05, 0) is 52.9 Å². The van der Waals surface area contributed by atoms with E-state index in [0.29, 0.717) is 6.61 Å². The summed E-state index contributed by atoms with van der Waals surface area (Å²) in [6.07, 6.45) is 2.88. The second kappa shape index (κ2) is 4.27. The average molecular weight is 287 g/mol. The van der Waals surface area contributed by atoms with Crippen molar-refractivity contribution in [2.45, 2.75) is 69.4 Å². The summed E-state index contributed by atoms with van der Waals surface area (Å²) in [6, 6.07) is 0.180.